The van der Waals surface area contributed by atoms with Crippen LogP contribution in [0, 0.1) is 12.3 Å². The summed E-state index contributed by atoms with van der Waals surface area (Å²) in [6, 6.07) is 0. The Kier molecular flexibility index (Phi) is 8.35. The van der Waals surface area contributed by atoms with Gasteiger partial charge in [0.15, 0.2) is 0 Å². The fraction of sp³-hybridized carbons (Fsp3) is 0.750. The molecule has 4 nitrogen and oxygen atoms in total. The molecule has 1 atom stereocenters. The van der Waals surface area contributed by atoms with E-state index < -0.39 is 6.80 Å². The summed E-state index contributed by atoms with van der Waals surface area (Å²) in [4.78, 5) is 0. The molecule has 0 radical (unpaired) electrons. The van der Waals surface area contributed by atoms with Crippen molar-refractivity contribution in [1.29, 1.82) is 0 Å². The van der Waals surface area contributed by atoms with Crippen LogP contribution < -0.4 is 0 Å². The van der Waals surface area contributed by atoms with Crippen LogP contribution in [0.15, 0.2) is 0 Å². The minimum Gasteiger partial charge on any atom is -0.382 e. The number of hydrogen-bond donors (Lipinski definition) is 0. The maximum absolute atomic E-state index is 11.8. The summed E-state index contributed by atoms with van der Waals surface area (Å²) in [7, 11) is 1.55. The van der Waals surface area contributed by atoms with Crippen molar-refractivity contribution in [3.8, 4) is 12.3 Å². The van der Waals surface area contributed by atoms with Gasteiger partial charge in [-0.25, -0.2) is 4.57 Å². The first kappa shape index (κ1) is 14.0. The van der Waals surface area contributed by atoms with Crippen LogP contribution in [0.2, 0.25) is 0 Å². The number of hydrogen-bond acceptors (Lipinski definition) is 5. The SMILES string of the molecule is C#CCSP(=O)(OCC)OCCOC. The molecule has 0 saturated heterocycles. The van der Waals surface area contributed by atoms with E-state index in [1.165, 1.54) is 0 Å². The second-order valence-corrected chi connectivity index (χ2v) is 6.24. The minimum atomic E-state index is -3.07. The molecule has 0 rings (SSSR count). The van der Waals surface area contributed by atoms with Gasteiger partial charge in [0.2, 0.25) is 0 Å². The molecule has 1 unspecified atom stereocenters. The Morgan fingerprint density at radius 1 is 1.43 bits per heavy atom. The number of rotatable bonds is 8. The molecule has 0 bridgehead atoms. The lowest BCUT2D eigenvalue weighted by molar-refractivity contribution is 0.134. The standard InChI is InChI=1S/C8H15O4PS/c1-4-8-14-13(9,11-5-2)12-7-6-10-3/h1H,5-8H2,2-3H3. The van der Waals surface area contributed by atoms with Crippen LogP contribution >= 0.6 is 18.2 Å². The number of methoxy groups -OCH3 is 1. The predicted octanol–water partition coefficient (Wildman–Crippen LogP) is 2.16. The summed E-state index contributed by atoms with van der Waals surface area (Å²) >= 11 is 1.02. The third kappa shape index (κ3) is 6.47. The zero-order valence-corrected chi connectivity index (χ0v) is 10.1. The Hall–Kier alpha value is 0.0200. The maximum Gasteiger partial charge on any atom is 0.390 e. The Morgan fingerprint density at radius 3 is 2.64 bits per heavy atom. The van der Waals surface area contributed by atoms with Gasteiger partial charge in [0, 0.05) is 7.11 Å². The third-order valence-corrected chi connectivity index (χ3v) is 4.78. The van der Waals surface area contributed by atoms with Gasteiger partial charge in [-0.05, 0) is 18.3 Å². The molecule has 0 aliphatic rings. The van der Waals surface area contributed by atoms with Crippen LogP contribution in [0.3, 0.4) is 0 Å². The highest BCUT2D eigenvalue weighted by Crippen LogP contribution is 2.60. The molecule has 0 spiro atoms. The zero-order chi connectivity index (χ0) is 10.9. The summed E-state index contributed by atoms with van der Waals surface area (Å²) < 4.78 is 26.7. The average molecular weight is 238 g/mol. The second kappa shape index (κ2) is 8.34. The Morgan fingerprint density at radius 2 is 2.14 bits per heavy atom. The van der Waals surface area contributed by atoms with Crippen LogP contribution in [-0.4, -0.2) is 32.7 Å². The highest BCUT2D eigenvalue weighted by atomic mass is 32.7. The van der Waals surface area contributed by atoms with Crippen molar-refractivity contribution in [2.45, 2.75) is 6.92 Å². The molecule has 0 aromatic carbocycles. The first-order valence-electron chi connectivity index (χ1n) is 4.14. The van der Waals surface area contributed by atoms with Gasteiger partial charge >= 0.3 is 6.80 Å². The highest BCUT2D eigenvalue weighted by Gasteiger charge is 2.24. The molecule has 14 heavy (non-hydrogen) atoms. The van der Waals surface area contributed by atoms with Crippen molar-refractivity contribution in [3.05, 3.63) is 0 Å². The van der Waals surface area contributed by atoms with Crippen molar-refractivity contribution in [1.82, 2.24) is 0 Å². The molecule has 0 aliphatic carbocycles. The lowest BCUT2D eigenvalue weighted by Gasteiger charge is -2.15. The van der Waals surface area contributed by atoms with Crippen molar-refractivity contribution in [2.24, 2.45) is 0 Å². The van der Waals surface area contributed by atoms with E-state index in [1.807, 2.05) is 0 Å². The average Bonchev–Trinajstić information content (AvgIpc) is 2.16. The lowest BCUT2D eigenvalue weighted by Crippen LogP contribution is -2.01. The van der Waals surface area contributed by atoms with Gasteiger partial charge in [-0.15, -0.1) is 6.42 Å². The molecule has 6 heteroatoms. The zero-order valence-electron chi connectivity index (χ0n) is 8.39. The van der Waals surface area contributed by atoms with Crippen LogP contribution in [0.25, 0.3) is 0 Å². The molecular formula is C8H15O4PS. The summed E-state index contributed by atoms with van der Waals surface area (Å²) in [6.45, 7) is -0.359. The molecule has 0 fully saturated rings. The fourth-order valence-electron chi connectivity index (χ4n) is 0.619. The van der Waals surface area contributed by atoms with E-state index >= 15 is 0 Å². The Bertz CT molecular complexity index is 226. The smallest absolute Gasteiger partial charge is 0.382 e. The molecule has 0 aromatic heterocycles. The minimum absolute atomic E-state index is 0.241. The van der Waals surface area contributed by atoms with Crippen LogP contribution in [0.1, 0.15) is 6.92 Å². The van der Waals surface area contributed by atoms with E-state index in [9.17, 15) is 4.57 Å². The van der Waals surface area contributed by atoms with E-state index in [2.05, 4.69) is 5.92 Å². The quantitative estimate of drug-likeness (QED) is 0.368. The van der Waals surface area contributed by atoms with E-state index in [-0.39, 0.29) is 6.61 Å². The predicted molar refractivity (Wildman–Crippen MR) is 58.4 cm³/mol. The summed E-state index contributed by atoms with van der Waals surface area (Å²) in [6.07, 6.45) is 5.06. The van der Waals surface area contributed by atoms with Gasteiger partial charge in [0.05, 0.1) is 25.6 Å². The van der Waals surface area contributed by atoms with Crippen LogP contribution in [-0.2, 0) is 18.3 Å². The first-order valence-corrected chi connectivity index (χ1v) is 7.28. The molecule has 0 N–H and O–H groups in total. The number of terminal acetylenes is 1. The highest BCUT2D eigenvalue weighted by molar-refractivity contribution is 8.55. The lowest BCUT2D eigenvalue weighted by atomic mass is 10.8. The van der Waals surface area contributed by atoms with Gasteiger partial charge in [-0.1, -0.05) is 5.92 Å². The maximum atomic E-state index is 11.8. The first-order chi connectivity index (χ1) is 6.68. The molecular weight excluding hydrogens is 223 g/mol. The third-order valence-electron chi connectivity index (χ3n) is 1.13. The summed E-state index contributed by atoms with van der Waals surface area (Å²) in [5, 5.41) is 0. The molecule has 0 heterocycles. The Labute approximate surface area is 89.0 Å². The van der Waals surface area contributed by atoms with Crippen LogP contribution in [0.5, 0.6) is 0 Å². The van der Waals surface area contributed by atoms with Crippen molar-refractivity contribution >= 4 is 18.2 Å². The van der Waals surface area contributed by atoms with Gasteiger partial charge in [0.25, 0.3) is 0 Å². The topological polar surface area (TPSA) is 44.8 Å². The summed E-state index contributed by atoms with van der Waals surface area (Å²) in [5.41, 5.74) is 0. The van der Waals surface area contributed by atoms with E-state index in [4.69, 9.17) is 20.2 Å². The van der Waals surface area contributed by atoms with Gasteiger partial charge in [-0.2, -0.15) is 0 Å². The second-order valence-electron chi connectivity index (χ2n) is 2.17. The summed E-state index contributed by atoms with van der Waals surface area (Å²) in [5.74, 6) is 2.68. The van der Waals surface area contributed by atoms with Crippen molar-refractivity contribution in [3.63, 3.8) is 0 Å². The molecule has 0 aromatic rings. The van der Waals surface area contributed by atoms with Gasteiger partial charge in [0.1, 0.15) is 0 Å². The fourth-order valence-corrected chi connectivity index (χ4v) is 3.37. The molecule has 0 amide bonds. The van der Waals surface area contributed by atoms with Gasteiger partial charge < -0.3 is 9.26 Å². The van der Waals surface area contributed by atoms with E-state index in [0.717, 1.165) is 11.4 Å². The normalized spacial score (nSPS) is 14.6. The molecule has 0 saturated carbocycles. The van der Waals surface area contributed by atoms with Crippen molar-refractivity contribution < 1.29 is 18.3 Å². The number of ether oxygens (including phenoxy) is 1. The van der Waals surface area contributed by atoms with Gasteiger partial charge in [-0.3, -0.25) is 4.52 Å². The Balaban J connectivity index is 3.97. The van der Waals surface area contributed by atoms with E-state index in [1.54, 1.807) is 14.0 Å². The van der Waals surface area contributed by atoms with Crippen LogP contribution in [0.4, 0.5) is 0 Å². The largest absolute Gasteiger partial charge is 0.390 e. The molecule has 0 aliphatic heterocycles. The van der Waals surface area contributed by atoms with Crippen molar-refractivity contribution in [2.75, 3.05) is 32.7 Å². The monoisotopic (exact) mass is 238 g/mol. The van der Waals surface area contributed by atoms with E-state index in [0.29, 0.717) is 19.0 Å². The molecule has 82 valence electrons.